The monoisotopic (exact) mass is 314 g/mol. The van der Waals surface area contributed by atoms with Crippen LogP contribution in [0.3, 0.4) is 0 Å². The van der Waals surface area contributed by atoms with E-state index in [1.807, 2.05) is 30.3 Å². The van der Waals surface area contributed by atoms with Gasteiger partial charge in [-0.2, -0.15) is 0 Å². The molecule has 0 heterocycles. The number of ether oxygens (including phenoxy) is 1. The Hall–Kier alpha value is -1.44. The van der Waals surface area contributed by atoms with Gasteiger partial charge in [-0.25, -0.2) is 13.1 Å². The summed E-state index contributed by atoms with van der Waals surface area (Å²) in [5.74, 6) is -0.501. The summed E-state index contributed by atoms with van der Waals surface area (Å²) in [5.41, 5.74) is 6.96. The van der Waals surface area contributed by atoms with Crippen LogP contribution in [0, 0.1) is 0 Å². The van der Waals surface area contributed by atoms with E-state index in [1.54, 1.807) is 0 Å². The summed E-state index contributed by atoms with van der Waals surface area (Å²) in [6.45, 7) is 0.274. The van der Waals surface area contributed by atoms with Gasteiger partial charge < -0.3 is 10.5 Å². The minimum Gasteiger partial charge on any atom is -0.469 e. The second kappa shape index (κ2) is 8.76. The van der Waals surface area contributed by atoms with Gasteiger partial charge in [0.05, 0.1) is 12.9 Å². The first-order valence-corrected chi connectivity index (χ1v) is 8.44. The molecule has 0 spiro atoms. The number of sulfonamides is 1. The van der Waals surface area contributed by atoms with Crippen molar-refractivity contribution in [2.75, 3.05) is 19.4 Å². The molecule has 0 fully saturated rings. The smallest absolute Gasteiger partial charge is 0.305 e. The third-order valence-corrected chi connectivity index (χ3v) is 4.50. The summed E-state index contributed by atoms with van der Waals surface area (Å²) in [6, 6.07) is 9.31. The second-order valence-electron chi connectivity index (χ2n) is 4.70. The fourth-order valence-electron chi connectivity index (χ4n) is 1.82. The van der Waals surface area contributed by atoms with E-state index in [2.05, 4.69) is 9.46 Å². The van der Waals surface area contributed by atoms with Crippen LogP contribution in [0.2, 0.25) is 0 Å². The number of hydrogen-bond donors (Lipinski definition) is 2. The average Bonchev–Trinajstić information content (AvgIpc) is 2.47. The molecule has 1 atom stereocenters. The van der Waals surface area contributed by atoms with Gasteiger partial charge in [0.15, 0.2) is 0 Å². The van der Waals surface area contributed by atoms with Crippen LogP contribution in [0.1, 0.15) is 30.9 Å². The minimum atomic E-state index is -3.38. The molecule has 0 bridgehead atoms. The number of rotatable bonds is 9. The summed E-state index contributed by atoms with van der Waals surface area (Å²) >= 11 is 0. The summed E-state index contributed by atoms with van der Waals surface area (Å²) in [7, 11) is -2.10. The molecule has 118 valence electrons. The van der Waals surface area contributed by atoms with Crippen LogP contribution >= 0.6 is 0 Å². The van der Waals surface area contributed by atoms with Crippen molar-refractivity contribution in [1.29, 1.82) is 0 Å². The Morgan fingerprint density at radius 3 is 2.62 bits per heavy atom. The number of benzene rings is 1. The lowest BCUT2D eigenvalue weighted by molar-refractivity contribution is -0.140. The lowest BCUT2D eigenvalue weighted by atomic mass is 10.1. The predicted octanol–water partition coefficient (Wildman–Crippen LogP) is 0.949. The molecule has 3 N–H and O–H groups in total. The standard InChI is InChI=1S/C14H22N2O4S/c1-20-14(17)8-5-11-21(18,19)16-10-9-13(15)12-6-3-2-4-7-12/h2-4,6-7,13,16H,5,8-11,15H2,1H3. The van der Waals surface area contributed by atoms with E-state index >= 15 is 0 Å². The maximum atomic E-state index is 11.7. The highest BCUT2D eigenvalue weighted by Gasteiger charge is 2.12. The normalized spacial score (nSPS) is 12.9. The van der Waals surface area contributed by atoms with Crippen LogP contribution < -0.4 is 10.5 Å². The lowest BCUT2D eigenvalue weighted by Crippen LogP contribution is -2.29. The zero-order chi connectivity index (χ0) is 15.7. The number of nitrogens with one attached hydrogen (secondary N) is 1. The molecule has 6 nitrogen and oxygen atoms in total. The van der Waals surface area contributed by atoms with Crippen LogP contribution in [0.4, 0.5) is 0 Å². The largest absolute Gasteiger partial charge is 0.469 e. The summed E-state index contributed by atoms with van der Waals surface area (Å²) in [6.07, 6.45) is 0.855. The molecular weight excluding hydrogens is 292 g/mol. The van der Waals surface area contributed by atoms with E-state index in [0.717, 1.165) is 5.56 Å². The molecule has 1 unspecified atom stereocenters. The summed E-state index contributed by atoms with van der Waals surface area (Å²) < 4.78 is 30.4. The van der Waals surface area contributed by atoms with Crippen LogP contribution in [-0.2, 0) is 19.6 Å². The molecule has 7 heteroatoms. The Morgan fingerprint density at radius 1 is 1.33 bits per heavy atom. The number of methoxy groups -OCH3 is 1. The number of nitrogens with two attached hydrogens (primary N) is 1. The summed E-state index contributed by atoms with van der Waals surface area (Å²) in [5, 5.41) is 0. The quantitative estimate of drug-likeness (QED) is 0.661. The van der Waals surface area contributed by atoms with E-state index in [1.165, 1.54) is 7.11 Å². The third kappa shape index (κ3) is 7.22. The minimum absolute atomic E-state index is 0.0946. The summed E-state index contributed by atoms with van der Waals surface area (Å²) in [4.78, 5) is 10.9. The van der Waals surface area contributed by atoms with Crippen LogP contribution in [0.5, 0.6) is 0 Å². The first kappa shape index (κ1) is 17.6. The molecule has 1 aromatic rings. The molecule has 0 radical (unpaired) electrons. The maximum Gasteiger partial charge on any atom is 0.305 e. The molecule has 0 aliphatic carbocycles. The van der Waals surface area contributed by atoms with Gasteiger partial charge in [0, 0.05) is 19.0 Å². The van der Waals surface area contributed by atoms with Crippen molar-refractivity contribution in [3.8, 4) is 0 Å². The first-order chi connectivity index (χ1) is 9.94. The van der Waals surface area contributed by atoms with Crippen molar-refractivity contribution in [1.82, 2.24) is 4.72 Å². The van der Waals surface area contributed by atoms with Gasteiger partial charge in [-0.1, -0.05) is 30.3 Å². The Morgan fingerprint density at radius 2 is 2.00 bits per heavy atom. The molecular formula is C14H22N2O4S. The Balaban J connectivity index is 2.29. The highest BCUT2D eigenvalue weighted by Crippen LogP contribution is 2.12. The van der Waals surface area contributed by atoms with Crippen molar-refractivity contribution in [2.45, 2.75) is 25.3 Å². The number of esters is 1. The molecule has 0 amide bonds. The van der Waals surface area contributed by atoms with Crippen molar-refractivity contribution in [3.05, 3.63) is 35.9 Å². The second-order valence-corrected chi connectivity index (χ2v) is 6.63. The average molecular weight is 314 g/mol. The van der Waals surface area contributed by atoms with Gasteiger partial charge in [0.2, 0.25) is 10.0 Å². The van der Waals surface area contributed by atoms with Gasteiger partial charge >= 0.3 is 5.97 Å². The third-order valence-electron chi connectivity index (χ3n) is 3.03. The first-order valence-electron chi connectivity index (χ1n) is 6.79. The van der Waals surface area contributed by atoms with Gasteiger partial charge in [-0.05, 0) is 18.4 Å². The fourth-order valence-corrected chi connectivity index (χ4v) is 2.92. The molecule has 21 heavy (non-hydrogen) atoms. The highest BCUT2D eigenvalue weighted by molar-refractivity contribution is 7.89. The van der Waals surface area contributed by atoms with Crippen molar-refractivity contribution >= 4 is 16.0 Å². The van der Waals surface area contributed by atoms with Gasteiger partial charge in [-0.3, -0.25) is 4.79 Å². The zero-order valence-corrected chi connectivity index (χ0v) is 12.9. The predicted molar refractivity (Wildman–Crippen MR) is 81.0 cm³/mol. The molecule has 0 aliphatic rings. The van der Waals surface area contributed by atoms with Crippen LogP contribution in [-0.4, -0.2) is 33.8 Å². The van der Waals surface area contributed by atoms with Gasteiger partial charge in [0.25, 0.3) is 0 Å². The van der Waals surface area contributed by atoms with E-state index < -0.39 is 16.0 Å². The van der Waals surface area contributed by atoms with E-state index in [4.69, 9.17) is 5.73 Å². The van der Waals surface area contributed by atoms with E-state index in [9.17, 15) is 13.2 Å². The Kier molecular flexibility index (Phi) is 7.35. The SMILES string of the molecule is COC(=O)CCCS(=O)(=O)NCCC(N)c1ccccc1. The molecule has 0 aromatic heterocycles. The van der Waals surface area contributed by atoms with Crippen LogP contribution in [0.15, 0.2) is 30.3 Å². The van der Waals surface area contributed by atoms with Crippen molar-refractivity contribution in [2.24, 2.45) is 5.73 Å². The molecule has 1 rings (SSSR count). The topological polar surface area (TPSA) is 98.5 Å². The fraction of sp³-hybridized carbons (Fsp3) is 0.500. The molecule has 0 saturated carbocycles. The number of carbonyl (C=O) groups is 1. The van der Waals surface area contributed by atoms with Gasteiger partial charge in [-0.15, -0.1) is 0 Å². The van der Waals surface area contributed by atoms with Gasteiger partial charge in [0.1, 0.15) is 0 Å². The molecule has 0 saturated heterocycles. The lowest BCUT2D eigenvalue weighted by Gasteiger charge is -2.12. The van der Waals surface area contributed by atoms with Crippen molar-refractivity contribution < 1.29 is 17.9 Å². The molecule has 0 aliphatic heterocycles. The van der Waals surface area contributed by atoms with Crippen LogP contribution in [0.25, 0.3) is 0 Å². The highest BCUT2D eigenvalue weighted by atomic mass is 32.2. The Bertz CT molecular complexity index is 531. The van der Waals surface area contributed by atoms with E-state index in [-0.39, 0.29) is 31.2 Å². The zero-order valence-electron chi connectivity index (χ0n) is 12.1. The van der Waals surface area contributed by atoms with Crippen molar-refractivity contribution in [3.63, 3.8) is 0 Å². The molecule has 1 aromatic carbocycles. The van der Waals surface area contributed by atoms with E-state index in [0.29, 0.717) is 6.42 Å². The number of hydrogen-bond acceptors (Lipinski definition) is 5. The number of carbonyl (C=O) groups excluding carboxylic acids is 1. The Labute approximate surface area is 125 Å². The maximum absolute atomic E-state index is 11.7.